The van der Waals surface area contributed by atoms with E-state index in [9.17, 15) is 13.2 Å². The fourth-order valence-corrected chi connectivity index (χ4v) is 2.74. The Morgan fingerprint density at radius 3 is 2.67 bits per heavy atom. The highest BCUT2D eigenvalue weighted by Crippen LogP contribution is 2.25. The number of nitrogens with one attached hydrogen (secondary N) is 1. The van der Waals surface area contributed by atoms with Gasteiger partial charge in [-0.25, -0.2) is 13.6 Å². The number of hydrogen-bond donors (Lipinski definition) is 2. The van der Waals surface area contributed by atoms with Crippen LogP contribution in [0.5, 0.6) is 0 Å². The molecule has 0 heterocycles. The van der Waals surface area contributed by atoms with Crippen LogP contribution in [0.1, 0.15) is 6.42 Å². The van der Waals surface area contributed by atoms with Crippen molar-refractivity contribution in [2.24, 2.45) is 5.14 Å². The molecule has 0 aliphatic carbocycles. The fraction of sp³-hybridized carbons (Fsp3) is 0.300. The average molecular weight is 353 g/mol. The number of anilines is 1. The van der Waals surface area contributed by atoms with Gasteiger partial charge in [0.05, 0.1) is 10.6 Å². The van der Waals surface area contributed by atoms with Crippen LogP contribution in [0.25, 0.3) is 0 Å². The van der Waals surface area contributed by atoms with Crippen molar-refractivity contribution in [2.45, 2.75) is 11.3 Å². The van der Waals surface area contributed by atoms with Crippen LogP contribution >= 0.6 is 27.7 Å². The molecule has 0 aliphatic rings. The molecule has 0 aromatic heterocycles. The number of thioether (sulfide) groups is 1. The number of halogens is 1. The normalized spacial score (nSPS) is 11.3. The molecule has 1 aromatic rings. The molecule has 8 heteroatoms. The zero-order chi connectivity index (χ0) is 13.8. The zero-order valence-electron chi connectivity index (χ0n) is 9.64. The minimum absolute atomic E-state index is 0.00325. The van der Waals surface area contributed by atoms with Crippen LogP contribution in [-0.2, 0) is 14.8 Å². The number of carbonyl (C=O) groups is 1. The molecule has 0 fully saturated rings. The smallest absolute Gasteiger partial charge is 0.238 e. The van der Waals surface area contributed by atoms with E-state index in [0.717, 1.165) is 5.75 Å². The average Bonchev–Trinajstić information content (AvgIpc) is 2.27. The zero-order valence-corrected chi connectivity index (χ0v) is 12.9. The van der Waals surface area contributed by atoms with E-state index in [4.69, 9.17) is 5.14 Å². The summed E-state index contributed by atoms with van der Waals surface area (Å²) >= 11 is 4.78. The highest BCUT2D eigenvalue weighted by atomic mass is 79.9. The van der Waals surface area contributed by atoms with E-state index in [1.807, 2.05) is 6.26 Å². The minimum atomic E-state index is -3.73. The van der Waals surface area contributed by atoms with Crippen molar-refractivity contribution in [1.82, 2.24) is 0 Å². The number of primary sulfonamides is 1. The van der Waals surface area contributed by atoms with E-state index in [1.165, 1.54) is 18.2 Å². The molecule has 3 N–H and O–H groups in total. The van der Waals surface area contributed by atoms with Gasteiger partial charge in [0.2, 0.25) is 15.9 Å². The number of hydrogen-bond acceptors (Lipinski definition) is 4. The van der Waals surface area contributed by atoms with Crippen LogP contribution in [0.4, 0.5) is 5.69 Å². The lowest BCUT2D eigenvalue weighted by Crippen LogP contribution is -2.14. The van der Waals surface area contributed by atoms with Crippen LogP contribution in [0.3, 0.4) is 0 Å². The summed E-state index contributed by atoms with van der Waals surface area (Å²) in [7, 11) is -3.73. The SMILES string of the molecule is CSCCC(=O)Nc1ccc(S(N)(=O)=O)cc1Br. The third kappa shape index (κ3) is 4.60. The largest absolute Gasteiger partial charge is 0.325 e. The summed E-state index contributed by atoms with van der Waals surface area (Å²) in [6.07, 6.45) is 2.33. The third-order valence-electron chi connectivity index (χ3n) is 2.08. The quantitative estimate of drug-likeness (QED) is 0.845. The molecule has 5 nitrogen and oxygen atoms in total. The summed E-state index contributed by atoms with van der Waals surface area (Å²) in [5, 5.41) is 7.69. The number of carbonyl (C=O) groups excluding carboxylic acids is 1. The number of benzene rings is 1. The van der Waals surface area contributed by atoms with Crippen molar-refractivity contribution in [3.63, 3.8) is 0 Å². The number of amides is 1. The summed E-state index contributed by atoms with van der Waals surface area (Å²) in [6, 6.07) is 4.21. The van der Waals surface area contributed by atoms with E-state index in [2.05, 4.69) is 21.2 Å². The summed E-state index contributed by atoms with van der Waals surface area (Å²) in [5.41, 5.74) is 0.522. The fourth-order valence-electron chi connectivity index (χ4n) is 1.18. The second-order valence-corrected chi connectivity index (χ2v) is 6.88. The molecular weight excluding hydrogens is 340 g/mol. The molecule has 1 amide bonds. The molecule has 1 rings (SSSR count). The van der Waals surface area contributed by atoms with Crippen molar-refractivity contribution in [1.29, 1.82) is 0 Å². The molecular formula is C10H13BrN2O3S2. The maximum atomic E-state index is 11.5. The molecule has 18 heavy (non-hydrogen) atoms. The molecule has 100 valence electrons. The first-order valence-electron chi connectivity index (χ1n) is 4.95. The van der Waals surface area contributed by atoms with E-state index >= 15 is 0 Å². The lowest BCUT2D eigenvalue weighted by atomic mass is 10.3. The Kier molecular flexibility index (Phi) is 5.64. The van der Waals surface area contributed by atoms with Crippen molar-refractivity contribution in [2.75, 3.05) is 17.3 Å². The second kappa shape index (κ2) is 6.55. The molecule has 0 saturated carbocycles. The molecule has 0 saturated heterocycles. The summed E-state index contributed by atoms with van der Waals surface area (Å²) in [4.78, 5) is 11.5. The number of nitrogens with two attached hydrogens (primary N) is 1. The summed E-state index contributed by atoms with van der Waals surface area (Å²) in [5.74, 6) is 0.618. The Morgan fingerprint density at radius 2 is 2.17 bits per heavy atom. The highest BCUT2D eigenvalue weighted by molar-refractivity contribution is 9.10. The second-order valence-electron chi connectivity index (χ2n) is 3.48. The number of sulfonamides is 1. The molecule has 0 atom stereocenters. The topological polar surface area (TPSA) is 89.3 Å². The third-order valence-corrected chi connectivity index (χ3v) is 4.26. The van der Waals surface area contributed by atoms with Gasteiger partial charge in [-0.05, 0) is 40.4 Å². The first-order valence-corrected chi connectivity index (χ1v) is 8.69. The van der Waals surface area contributed by atoms with E-state index in [-0.39, 0.29) is 10.8 Å². The molecule has 0 radical (unpaired) electrons. The highest BCUT2D eigenvalue weighted by Gasteiger charge is 2.11. The molecule has 0 spiro atoms. The van der Waals surface area contributed by atoms with Gasteiger partial charge in [0.1, 0.15) is 0 Å². The lowest BCUT2D eigenvalue weighted by Gasteiger charge is -2.08. The van der Waals surface area contributed by atoms with Gasteiger partial charge in [-0.1, -0.05) is 0 Å². The van der Waals surface area contributed by atoms with Crippen LogP contribution in [0, 0.1) is 0 Å². The summed E-state index contributed by atoms with van der Waals surface area (Å²) in [6.45, 7) is 0. The first-order chi connectivity index (χ1) is 8.34. The Morgan fingerprint density at radius 1 is 1.50 bits per heavy atom. The van der Waals surface area contributed by atoms with Crippen molar-refractivity contribution in [3.8, 4) is 0 Å². The summed E-state index contributed by atoms with van der Waals surface area (Å²) < 4.78 is 22.7. The predicted molar refractivity (Wildman–Crippen MR) is 77.1 cm³/mol. The van der Waals surface area contributed by atoms with Crippen LogP contribution in [0.15, 0.2) is 27.6 Å². The predicted octanol–water partition coefficient (Wildman–Crippen LogP) is 1.79. The van der Waals surface area contributed by atoms with E-state index in [0.29, 0.717) is 16.6 Å². The van der Waals surface area contributed by atoms with Crippen molar-refractivity contribution in [3.05, 3.63) is 22.7 Å². The molecule has 0 unspecified atom stereocenters. The first kappa shape index (κ1) is 15.5. The molecule has 0 bridgehead atoms. The monoisotopic (exact) mass is 352 g/mol. The van der Waals surface area contributed by atoms with Crippen molar-refractivity contribution >= 4 is 49.3 Å². The Balaban J connectivity index is 2.84. The Bertz CT molecular complexity index is 546. The van der Waals surface area contributed by atoms with Gasteiger partial charge in [0.15, 0.2) is 0 Å². The van der Waals surface area contributed by atoms with E-state index < -0.39 is 10.0 Å². The van der Waals surface area contributed by atoms with Gasteiger partial charge in [0.25, 0.3) is 0 Å². The van der Waals surface area contributed by atoms with Gasteiger partial charge in [-0.15, -0.1) is 0 Å². The van der Waals surface area contributed by atoms with Gasteiger partial charge < -0.3 is 5.32 Å². The van der Waals surface area contributed by atoms with Gasteiger partial charge in [-0.2, -0.15) is 11.8 Å². The van der Waals surface area contributed by atoms with Gasteiger partial charge in [-0.3, -0.25) is 4.79 Å². The standard InChI is InChI=1S/C10H13BrN2O3S2/c1-17-5-4-10(14)13-9-3-2-7(6-8(9)11)18(12,15)16/h2-3,6H,4-5H2,1H3,(H,13,14)(H2,12,15,16). The Labute approximate surface area is 119 Å². The van der Waals surface area contributed by atoms with Gasteiger partial charge in [0, 0.05) is 16.6 Å². The molecule has 0 aliphatic heterocycles. The Hall–Kier alpha value is -0.570. The van der Waals surface area contributed by atoms with Crippen molar-refractivity contribution < 1.29 is 13.2 Å². The van der Waals surface area contributed by atoms with Crippen LogP contribution < -0.4 is 10.5 Å². The molecule has 1 aromatic carbocycles. The minimum Gasteiger partial charge on any atom is -0.325 e. The van der Waals surface area contributed by atoms with Gasteiger partial charge >= 0.3 is 0 Å². The van der Waals surface area contributed by atoms with Crippen LogP contribution in [-0.4, -0.2) is 26.3 Å². The van der Waals surface area contributed by atoms with E-state index in [1.54, 1.807) is 11.8 Å². The maximum Gasteiger partial charge on any atom is 0.238 e. The number of rotatable bonds is 5. The maximum absolute atomic E-state index is 11.5. The van der Waals surface area contributed by atoms with Crippen LogP contribution in [0.2, 0.25) is 0 Å². The lowest BCUT2D eigenvalue weighted by molar-refractivity contribution is -0.115.